The zero-order chi connectivity index (χ0) is 12.1. The lowest BCUT2D eigenvalue weighted by atomic mass is 10.1. The SMILES string of the molecule is C=C=NC(Cc1ccc(O)c(Cl)c1)C(=O)O. The lowest BCUT2D eigenvalue weighted by molar-refractivity contribution is -0.138. The Kier molecular flexibility index (Phi) is 4.11. The molecule has 0 fully saturated rings. The largest absolute Gasteiger partial charge is 0.506 e. The molecule has 1 unspecified atom stereocenters. The molecule has 0 saturated heterocycles. The fraction of sp³-hybridized carbons (Fsp3) is 0.182. The Labute approximate surface area is 97.5 Å². The molecule has 1 rings (SSSR count). The zero-order valence-electron chi connectivity index (χ0n) is 8.35. The second-order valence-corrected chi connectivity index (χ2v) is 3.54. The van der Waals surface area contributed by atoms with E-state index in [4.69, 9.17) is 16.7 Å². The number of halogens is 1. The number of hydrogen-bond acceptors (Lipinski definition) is 3. The molecule has 0 heterocycles. The van der Waals surface area contributed by atoms with E-state index in [1.807, 2.05) is 0 Å². The summed E-state index contributed by atoms with van der Waals surface area (Å²) >= 11 is 5.70. The van der Waals surface area contributed by atoms with Crippen molar-refractivity contribution in [2.75, 3.05) is 0 Å². The molecule has 0 spiro atoms. The summed E-state index contributed by atoms with van der Waals surface area (Å²) in [5.41, 5.74) is 0.675. The van der Waals surface area contributed by atoms with Crippen LogP contribution in [0.25, 0.3) is 0 Å². The van der Waals surface area contributed by atoms with Crippen LogP contribution in [0.5, 0.6) is 5.75 Å². The molecule has 0 radical (unpaired) electrons. The average Bonchev–Trinajstić information content (AvgIpc) is 2.22. The first kappa shape index (κ1) is 12.3. The van der Waals surface area contributed by atoms with Crippen LogP contribution < -0.4 is 0 Å². The summed E-state index contributed by atoms with van der Waals surface area (Å²) in [6.45, 7) is 3.24. The highest BCUT2D eigenvalue weighted by atomic mass is 35.5. The molecule has 5 heteroatoms. The Morgan fingerprint density at radius 2 is 2.31 bits per heavy atom. The average molecular weight is 240 g/mol. The number of carboxylic acids is 1. The number of nitrogens with zero attached hydrogens (tertiary/aromatic N) is 1. The topological polar surface area (TPSA) is 69.9 Å². The highest BCUT2D eigenvalue weighted by Gasteiger charge is 2.16. The molecule has 1 atom stereocenters. The molecule has 4 nitrogen and oxygen atoms in total. The molecule has 1 aromatic carbocycles. The van der Waals surface area contributed by atoms with Crippen LogP contribution >= 0.6 is 11.6 Å². The van der Waals surface area contributed by atoms with Crippen LogP contribution in [0, 0.1) is 0 Å². The maximum atomic E-state index is 10.8. The minimum atomic E-state index is -1.06. The molecule has 0 amide bonds. The van der Waals surface area contributed by atoms with Gasteiger partial charge in [0.25, 0.3) is 0 Å². The van der Waals surface area contributed by atoms with Crippen LogP contribution in [0.2, 0.25) is 5.02 Å². The van der Waals surface area contributed by atoms with Gasteiger partial charge in [0.2, 0.25) is 0 Å². The van der Waals surface area contributed by atoms with E-state index < -0.39 is 12.0 Å². The second kappa shape index (κ2) is 5.35. The van der Waals surface area contributed by atoms with Crippen LogP contribution in [0.3, 0.4) is 0 Å². The van der Waals surface area contributed by atoms with Gasteiger partial charge in [-0.15, -0.1) is 0 Å². The van der Waals surface area contributed by atoms with Crippen LogP contribution in [0.1, 0.15) is 5.56 Å². The molecule has 0 bridgehead atoms. The normalized spacial score (nSPS) is 11.6. The summed E-state index contributed by atoms with van der Waals surface area (Å²) in [4.78, 5) is 14.4. The quantitative estimate of drug-likeness (QED) is 0.789. The molecule has 0 aliphatic carbocycles. The molecule has 2 N–H and O–H groups in total. The Bertz CT molecular complexity index is 451. The lowest BCUT2D eigenvalue weighted by Crippen LogP contribution is -2.20. The van der Waals surface area contributed by atoms with Gasteiger partial charge >= 0.3 is 5.97 Å². The highest BCUT2D eigenvalue weighted by molar-refractivity contribution is 6.32. The summed E-state index contributed by atoms with van der Waals surface area (Å²) in [5.74, 6) is 1.11. The van der Waals surface area contributed by atoms with Gasteiger partial charge in [-0.25, -0.2) is 9.79 Å². The fourth-order valence-electron chi connectivity index (χ4n) is 1.20. The summed E-state index contributed by atoms with van der Waals surface area (Å²) < 4.78 is 0. The summed E-state index contributed by atoms with van der Waals surface area (Å²) in [6, 6.07) is 3.58. The van der Waals surface area contributed by atoms with Gasteiger partial charge in [0.15, 0.2) is 6.04 Å². The second-order valence-electron chi connectivity index (χ2n) is 3.13. The van der Waals surface area contributed by atoms with Gasteiger partial charge < -0.3 is 10.2 Å². The third-order valence-electron chi connectivity index (χ3n) is 1.97. The highest BCUT2D eigenvalue weighted by Crippen LogP contribution is 2.24. The number of carbonyl (C=O) groups is 1. The summed E-state index contributed by atoms with van der Waals surface area (Å²) in [7, 11) is 0. The van der Waals surface area contributed by atoms with Crippen molar-refractivity contribution in [3.63, 3.8) is 0 Å². The maximum Gasteiger partial charge on any atom is 0.329 e. The van der Waals surface area contributed by atoms with E-state index in [-0.39, 0.29) is 17.2 Å². The van der Waals surface area contributed by atoms with Crippen molar-refractivity contribution in [1.29, 1.82) is 0 Å². The van der Waals surface area contributed by atoms with Gasteiger partial charge in [-0.1, -0.05) is 17.7 Å². The number of phenols is 1. The molecule has 0 saturated carbocycles. The number of rotatable bonds is 4. The number of phenolic OH excluding ortho intramolecular Hbond substituents is 1. The standard InChI is InChI=1S/C11H10ClNO3/c1-2-13-9(11(15)16)6-7-3-4-10(14)8(12)5-7/h3-5,9,14H,1,6H2,(H,15,16). The van der Waals surface area contributed by atoms with E-state index in [1.165, 1.54) is 12.1 Å². The predicted molar refractivity (Wildman–Crippen MR) is 61.3 cm³/mol. The summed E-state index contributed by atoms with van der Waals surface area (Å²) in [6.07, 6.45) is 0.178. The molecule has 1 aromatic rings. The zero-order valence-corrected chi connectivity index (χ0v) is 9.11. The van der Waals surface area contributed by atoms with E-state index in [0.717, 1.165) is 0 Å². The first-order valence-corrected chi connectivity index (χ1v) is 4.84. The van der Waals surface area contributed by atoms with Crippen molar-refractivity contribution in [3.8, 4) is 5.75 Å². The maximum absolute atomic E-state index is 10.8. The van der Waals surface area contributed by atoms with E-state index in [1.54, 1.807) is 6.07 Å². The minimum absolute atomic E-state index is 0.0375. The number of aliphatic imine (C=N–C) groups is 1. The van der Waals surface area contributed by atoms with Gasteiger partial charge in [0.1, 0.15) is 5.75 Å². The van der Waals surface area contributed by atoms with Gasteiger partial charge in [-0.2, -0.15) is 0 Å². The molecule has 84 valence electrons. The monoisotopic (exact) mass is 239 g/mol. The van der Waals surface area contributed by atoms with Gasteiger partial charge in [-0.3, -0.25) is 0 Å². The van der Waals surface area contributed by atoms with Crippen molar-refractivity contribution >= 4 is 23.4 Å². The Morgan fingerprint density at radius 1 is 1.62 bits per heavy atom. The van der Waals surface area contributed by atoms with Gasteiger partial charge in [0, 0.05) is 6.42 Å². The smallest absolute Gasteiger partial charge is 0.329 e. The van der Waals surface area contributed by atoms with Gasteiger partial charge in [0.05, 0.1) is 5.02 Å². The van der Waals surface area contributed by atoms with Crippen LogP contribution in [-0.2, 0) is 11.2 Å². The Hall–Kier alpha value is -1.77. The number of hydrogen-bond donors (Lipinski definition) is 2. The van der Waals surface area contributed by atoms with E-state index in [9.17, 15) is 9.90 Å². The third kappa shape index (κ3) is 3.12. The predicted octanol–water partition coefficient (Wildman–Crippen LogP) is 1.90. The number of benzene rings is 1. The van der Waals surface area contributed by atoms with E-state index in [2.05, 4.69) is 17.4 Å². The first-order valence-electron chi connectivity index (χ1n) is 4.46. The van der Waals surface area contributed by atoms with Crippen LogP contribution in [0.15, 0.2) is 29.8 Å². The first-order chi connectivity index (χ1) is 7.54. The molecule has 0 aliphatic rings. The van der Waals surface area contributed by atoms with Crippen LogP contribution in [-0.4, -0.2) is 28.1 Å². The third-order valence-corrected chi connectivity index (χ3v) is 2.28. The van der Waals surface area contributed by atoms with Gasteiger partial charge in [-0.05, 0) is 30.1 Å². The van der Waals surface area contributed by atoms with Crippen molar-refractivity contribution < 1.29 is 15.0 Å². The van der Waals surface area contributed by atoms with Crippen molar-refractivity contribution in [2.24, 2.45) is 4.99 Å². The Morgan fingerprint density at radius 3 is 2.81 bits per heavy atom. The minimum Gasteiger partial charge on any atom is -0.506 e. The molecular formula is C11H10ClNO3. The number of aromatic hydroxyl groups is 1. The molecular weight excluding hydrogens is 230 g/mol. The van der Waals surface area contributed by atoms with E-state index in [0.29, 0.717) is 5.56 Å². The summed E-state index contributed by atoms with van der Waals surface area (Å²) in [5, 5.41) is 18.2. The molecule has 0 aromatic heterocycles. The van der Waals surface area contributed by atoms with Crippen molar-refractivity contribution in [2.45, 2.75) is 12.5 Å². The van der Waals surface area contributed by atoms with Crippen molar-refractivity contribution in [1.82, 2.24) is 0 Å². The lowest BCUT2D eigenvalue weighted by Gasteiger charge is -2.07. The molecule has 16 heavy (non-hydrogen) atoms. The van der Waals surface area contributed by atoms with Crippen LogP contribution in [0.4, 0.5) is 0 Å². The number of aliphatic carboxylic acids is 1. The van der Waals surface area contributed by atoms with Crippen molar-refractivity contribution in [3.05, 3.63) is 35.4 Å². The Balaban J connectivity index is 2.89. The number of carboxylic acid groups (broad SMARTS) is 1. The van der Waals surface area contributed by atoms with E-state index >= 15 is 0 Å². The molecule has 0 aliphatic heterocycles. The fourth-order valence-corrected chi connectivity index (χ4v) is 1.40.